The lowest BCUT2D eigenvalue weighted by atomic mass is 10.1. The molecule has 0 aliphatic rings. The summed E-state index contributed by atoms with van der Waals surface area (Å²) in [4.78, 5) is 10.3. The molecular formula is C16H15NO. The van der Waals surface area contributed by atoms with Gasteiger partial charge in [-0.3, -0.25) is 0 Å². The van der Waals surface area contributed by atoms with E-state index in [-0.39, 0.29) is 0 Å². The Labute approximate surface area is 107 Å². The lowest BCUT2D eigenvalue weighted by molar-refractivity contribution is -0.107. The van der Waals surface area contributed by atoms with Gasteiger partial charge in [0.15, 0.2) is 0 Å². The van der Waals surface area contributed by atoms with Crippen molar-refractivity contribution < 1.29 is 4.79 Å². The number of hydrogen-bond acceptors (Lipinski definition) is 2. The van der Waals surface area contributed by atoms with Gasteiger partial charge in [0, 0.05) is 17.8 Å². The summed E-state index contributed by atoms with van der Waals surface area (Å²) in [5.41, 5.74) is 3.16. The summed E-state index contributed by atoms with van der Waals surface area (Å²) in [6, 6.07) is 18.0. The lowest BCUT2D eigenvalue weighted by Crippen LogP contribution is -1.92. The minimum atomic E-state index is 0.444. The molecule has 0 fully saturated rings. The number of aldehydes is 1. The summed E-state index contributed by atoms with van der Waals surface area (Å²) in [6.45, 7) is 0. The molecule has 0 unspecified atom stereocenters. The molecule has 0 amide bonds. The standard InChI is InChI=1S/C16H15NO/c18-13-7-6-9-14-8-4-5-12-16(14)17-15-10-2-1-3-11-15/h1-6,8-13,17H,7H2. The van der Waals surface area contributed by atoms with E-state index in [1.54, 1.807) is 0 Å². The monoisotopic (exact) mass is 237 g/mol. The smallest absolute Gasteiger partial charge is 0.123 e. The highest BCUT2D eigenvalue weighted by molar-refractivity contribution is 5.72. The molecule has 0 aromatic heterocycles. The van der Waals surface area contributed by atoms with Crippen LogP contribution in [0.4, 0.5) is 11.4 Å². The van der Waals surface area contributed by atoms with E-state index in [0.29, 0.717) is 6.42 Å². The van der Waals surface area contributed by atoms with E-state index in [0.717, 1.165) is 23.2 Å². The first-order chi connectivity index (χ1) is 8.90. The fourth-order valence-electron chi connectivity index (χ4n) is 1.68. The second-order valence-corrected chi connectivity index (χ2v) is 3.88. The molecule has 0 aliphatic heterocycles. The Hall–Kier alpha value is -2.35. The second-order valence-electron chi connectivity index (χ2n) is 3.88. The first kappa shape index (κ1) is 12.1. The van der Waals surface area contributed by atoms with Crippen LogP contribution >= 0.6 is 0 Å². The number of carbonyl (C=O) groups excluding carboxylic acids is 1. The van der Waals surface area contributed by atoms with E-state index >= 15 is 0 Å². The van der Waals surface area contributed by atoms with Crippen LogP contribution in [0, 0.1) is 0 Å². The summed E-state index contributed by atoms with van der Waals surface area (Å²) in [6.07, 6.45) is 5.15. The first-order valence-electron chi connectivity index (χ1n) is 5.91. The molecule has 2 aromatic rings. The van der Waals surface area contributed by atoms with Crippen molar-refractivity contribution in [1.29, 1.82) is 0 Å². The maximum atomic E-state index is 10.3. The molecule has 0 bridgehead atoms. The summed E-state index contributed by atoms with van der Waals surface area (Å²) in [5.74, 6) is 0. The third kappa shape index (κ3) is 3.32. The number of carbonyl (C=O) groups is 1. The quantitative estimate of drug-likeness (QED) is 0.795. The summed E-state index contributed by atoms with van der Waals surface area (Å²) < 4.78 is 0. The van der Waals surface area contributed by atoms with Crippen molar-refractivity contribution in [2.75, 3.05) is 5.32 Å². The van der Waals surface area contributed by atoms with Gasteiger partial charge in [-0.25, -0.2) is 0 Å². The van der Waals surface area contributed by atoms with E-state index in [2.05, 4.69) is 5.32 Å². The van der Waals surface area contributed by atoms with Crippen molar-refractivity contribution in [3.63, 3.8) is 0 Å². The second kappa shape index (κ2) is 6.40. The van der Waals surface area contributed by atoms with Crippen molar-refractivity contribution in [3.8, 4) is 0 Å². The normalized spacial score (nSPS) is 10.4. The van der Waals surface area contributed by atoms with Crippen LogP contribution in [0.5, 0.6) is 0 Å². The molecule has 2 rings (SSSR count). The van der Waals surface area contributed by atoms with Gasteiger partial charge in [0.25, 0.3) is 0 Å². The van der Waals surface area contributed by atoms with Gasteiger partial charge in [-0.2, -0.15) is 0 Å². The Morgan fingerprint density at radius 1 is 0.944 bits per heavy atom. The number of rotatable bonds is 5. The molecule has 18 heavy (non-hydrogen) atoms. The van der Waals surface area contributed by atoms with Gasteiger partial charge in [0.05, 0.1) is 0 Å². The summed E-state index contributed by atoms with van der Waals surface area (Å²) in [7, 11) is 0. The average Bonchev–Trinajstić information content (AvgIpc) is 2.42. The Morgan fingerprint density at radius 2 is 1.67 bits per heavy atom. The molecule has 0 saturated heterocycles. The first-order valence-corrected chi connectivity index (χ1v) is 5.91. The largest absolute Gasteiger partial charge is 0.355 e. The van der Waals surface area contributed by atoms with E-state index in [1.165, 1.54) is 0 Å². The van der Waals surface area contributed by atoms with Crippen LogP contribution in [-0.4, -0.2) is 6.29 Å². The zero-order valence-corrected chi connectivity index (χ0v) is 10.0. The number of hydrogen-bond donors (Lipinski definition) is 1. The third-order valence-corrected chi connectivity index (χ3v) is 2.54. The molecule has 0 saturated carbocycles. The predicted octanol–water partition coefficient (Wildman–Crippen LogP) is 4.03. The highest BCUT2D eigenvalue weighted by atomic mass is 16.1. The van der Waals surface area contributed by atoms with Crippen LogP contribution in [0.15, 0.2) is 60.7 Å². The Balaban J connectivity index is 2.20. The van der Waals surface area contributed by atoms with Crippen LogP contribution in [0.3, 0.4) is 0 Å². The van der Waals surface area contributed by atoms with Gasteiger partial charge < -0.3 is 10.1 Å². The minimum Gasteiger partial charge on any atom is -0.355 e. The zero-order chi connectivity index (χ0) is 12.6. The molecule has 0 heterocycles. The minimum absolute atomic E-state index is 0.444. The molecule has 90 valence electrons. The number of allylic oxidation sites excluding steroid dienone is 1. The van der Waals surface area contributed by atoms with Crippen molar-refractivity contribution in [2.24, 2.45) is 0 Å². The molecule has 2 aromatic carbocycles. The van der Waals surface area contributed by atoms with Crippen LogP contribution in [-0.2, 0) is 4.79 Å². The predicted molar refractivity (Wildman–Crippen MR) is 75.9 cm³/mol. The number of para-hydroxylation sites is 2. The molecule has 0 aliphatic carbocycles. The Kier molecular flexibility index (Phi) is 4.31. The van der Waals surface area contributed by atoms with Crippen LogP contribution in [0.25, 0.3) is 6.08 Å². The van der Waals surface area contributed by atoms with Gasteiger partial charge in [0.2, 0.25) is 0 Å². The van der Waals surface area contributed by atoms with Gasteiger partial charge >= 0.3 is 0 Å². The maximum absolute atomic E-state index is 10.3. The summed E-state index contributed by atoms with van der Waals surface area (Å²) in [5, 5.41) is 3.36. The third-order valence-electron chi connectivity index (χ3n) is 2.54. The van der Waals surface area contributed by atoms with Crippen molar-refractivity contribution in [3.05, 3.63) is 66.2 Å². The number of benzene rings is 2. The van der Waals surface area contributed by atoms with E-state index in [1.807, 2.05) is 66.7 Å². The molecule has 0 spiro atoms. The Morgan fingerprint density at radius 3 is 2.44 bits per heavy atom. The van der Waals surface area contributed by atoms with Gasteiger partial charge in [-0.05, 0) is 23.8 Å². The fraction of sp³-hybridized carbons (Fsp3) is 0.0625. The molecular weight excluding hydrogens is 222 g/mol. The highest BCUT2D eigenvalue weighted by Crippen LogP contribution is 2.21. The van der Waals surface area contributed by atoms with Crippen molar-refractivity contribution in [1.82, 2.24) is 0 Å². The van der Waals surface area contributed by atoms with E-state index < -0.39 is 0 Å². The number of anilines is 2. The van der Waals surface area contributed by atoms with Crippen LogP contribution in [0.2, 0.25) is 0 Å². The van der Waals surface area contributed by atoms with Gasteiger partial charge in [0.1, 0.15) is 6.29 Å². The van der Waals surface area contributed by atoms with Gasteiger partial charge in [-0.1, -0.05) is 48.6 Å². The van der Waals surface area contributed by atoms with Crippen molar-refractivity contribution >= 4 is 23.7 Å². The van der Waals surface area contributed by atoms with Crippen LogP contribution < -0.4 is 5.32 Å². The Bertz CT molecular complexity index is 532. The SMILES string of the molecule is O=CCC=Cc1ccccc1Nc1ccccc1. The molecule has 0 atom stereocenters. The molecule has 0 radical (unpaired) electrons. The van der Waals surface area contributed by atoms with E-state index in [9.17, 15) is 4.79 Å². The lowest BCUT2D eigenvalue weighted by Gasteiger charge is -2.09. The van der Waals surface area contributed by atoms with Crippen LogP contribution in [0.1, 0.15) is 12.0 Å². The summed E-state index contributed by atoms with van der Waals surface area (Å²) >= 11 is 0. The van der Waals surface area contributed by atoms with E-state index in [4.69, 9.17) is 0 Å². The topological polar surface area (TPSA) is 29.1 Å². The molecule has 2 nitrogen and oxygen atoms in total. The fourth-order valence-corrected chi connectivity index (χ4v) is 1.68. The highest BCUT2D eigenvalue weighted by Gasteiger charge is 1.98. The molecule has 2 heteroatoms. The van der Waals surface area contributed by atoms with Gasteiger partial charge in [-0.15, -0.1) is 0 Å². The molecule has 1 N–H and O–H groups in total. The maximum Gasteiger partial charge on any atom is 0.123 e. The van der Waals surface area contributed by atoms with Crippen molar-refractivity contribution in [2.45, 2.75) is 6.42 Å². The average molecular weight is 237 g/mol. The zero-order valence-electron chi connectivity index (χ0n) is 10.0. The number of nitrogens with one attached hydrogen (secondary N) is 1.